The number of benzene rings is 1. The Labute approximate surface area is 260 Å². The zero-order valence-corrected chi connectivity index (χ0v) is 26.6. The summed E-state index contributed by atoms with van der Waals surface area (Å²) in [6, 6.07) is 5.54. The molecule has 5 rings (SSSR count). The number of carbonyl (C=O) groups excluding carboxylic acids is 5. The number of carbonyl (C=O) groups is 5. The van der Waals surface area contributed by atoms with Gasteiger partial charge in [0.15, 0.2) is 5.78 Å². The molecule has 1 aliphatic carbocycles. The maximum atomic E-state index is 14.0. The van der Waals surface area contributed by atoms with Crippen LogP contribution in [0.3, 0.4) is 0 Å². The summed E-state index contributed by atoms with van der Waals surface area (Å²) < 4.78 is 0. The van der Waals surface area contributed by atoms with E-state index in [2.05, 4.69) is 27.5 Å². The van der Waals surface area contributed by atoms with Gasteiger partial charge in [-0.1, -0.05) is 33.1 Å². The van der Waals surface area contributed by atoms with Crippen molar-refractivity contribution in [1.82, 2.24) is 25.3 Å². The van der Waals surface area contributed by atoms with Crippen LogP contribution < -0.4 is 15.5 Å². The number of hydrogen-bond donors (Lipinski definition) is 2. The van der Waals surface area contributed by atoms with Gasteiger partial charge in [-0.2, -0.15) is 0 Å². The Bertz CT molecular complexity index is 1250. The van der Waals surface area contributed by atoms with Crippen LogP contribution in [0.2, 0.25) is 0 Å². The lowest BCUT2D eigenvalue weighted by atomic mass is 9.80. The van der Waals surface area contributed by atoms with Crippen molar-refractivity contribution < 1.29 is 24.0 Å². The normalized spacial score (nSPS) is 24.3. The lowest BCUT2D eigenvalue weighted by Crippen LogP contribution is -2.61. The van der Waals surface area contributed by atoms with Crippen molar-refractivity contribution in [2.24, 2.45) is 5.92 Å². The molecule has 3 atom stereocenters. The summed E-state index contributed by atoms with van der Waals surface area (Å²) in [6.45, 7) is 9.52. The number of likely N-dealkylation sites (N-methyl/N-ethyl adjacent to an activating group) is 1. The van der Waals surface area contributed by atoms with Crippen LogP contribution in [0, 0.1) is 5.92 Å². The van der Waals surface area contributed by atoms with Crippen molar-refractivity contribution in [3.8, 4) is 0 Å². The molecule has 240 valence electrons. The molecule has 3 aliphatic heterocycles. The minimum Gasteiger partial charge on any atom is -0.369 e. The summed E-state index contributed by atoms with van der Waals surface area (Å²) in [7, 11) is 2.11. The molecule has 0 radical (unpaired) electrons. The fourth-order valence-corrected chi connectivity index (χ4v) is 7.52. The van der Waals surface area contributed by atoms with Crippen LogP contribution in [0.15, 0.2) is 24.3 Å². The summed E-state index contributed by atoms with van der Waals surface area (Å²) in [5, 5.41) is 5.89. The van der Waals surface area contributed by atoms with Crippen molar-refractivity contribution in [1.29, 1.82) is 0 Å². The van der Waals surface area contributed by atoms with Gasteiger partial charge in [-0.15, -0.1) is 0 Å². The highest BCUT2D eigenvalue weighted by Crippen LogP contribution is 2.36. The molecule has 4 amide bonds. The third-order valence-corrected chi connectivity index (χ3v) is 9.81. The number of Topliss-reactive ketones (excluding diaryl/α,β-unsaturated/α-hetero) is 1. The van der Waals surface area contributed by atoms with Crippen LogP contribution in [0.5, 0.6) is 0 Å². The van der Waals surface area contributed by atoms with Crippen molar-refractivity contribution in [3.05, 3.63) is 29.8 Å². The Morgan fingerprint density at radius 3 is 2.20 bits per heavy atom. The first-order valence-corrected chi connectivity index (χ1v) is 16.3. The zero-order chi connectivity index (χ0) is 31.6. The topological polar surface area (TPSA) is 122 Å². The molecule has 3 unspecified atom stereocenters. The summed E-state index contributed by atoms with van der Waals surface area (Å²) >= 11 is 0. The highest BCUT2D eigenvalue weighted by molar-refractivity contribution is 6.02. The average Bonchev–Trinajstić information content (AvgIpc) is 3.57. The summed E-state index contributed by atoms with van der Waals surface area (Å²) in [6.07, 6.45) is 4.69. The Morgan fingerprint density at radius 1 is 0.932 bits per heavy atom. The minimum absolute atomic E-state index is 0.0693. The van der Waals surface area contributed by atoms with Crippen molar-refractivity contribution >= 4 is 35.1 Å². The smallest absolute Gasteiger partial charge is 0.251 e. The van der Waals surface area contributed by atoms with E-state index in [0.29, 0.717) is 37.8 Å². The molecular weight excluding hydrogens is 560 g/mol. The molecular formula is C33H48N6O5. The molecule has 0 spiro atoms. The summed E-state index contributed by atoms with van der Waals surface area (Å²) in [5.41, 5.74) is 0.554. The average molecular weight is 609 g/mol. The van der Waals surface area contributed by atoms with Crippen LogP contribution in [-0.4, -0.2) is 114 Å². The SMILES string of the molecule is CC(=O)NC1(C(=O)N2CC(=O)C3C2CCN3C(=O)C(CC(C)C)NC(=O)c2ccc(N3CCN(C)CC3)cc2)CCCCC1. The number of nitrogens with one attached hydrogen (secondary N) is 2. The second-order valence-corrected chi connectivity index (χ2v) is 13.5. The van der Waals surface area contributed by atoms with Gasteiger partial charge in [-0.3, -0.25) is 24.0 Å². The van der Waals surface area contributed by atoms with Gasteiger partial charge in [-0.25, -0.2) is 0 Å². The molecule has 2 N–H and O–H groups in total. The van der Waals surface area contributed by atoms with Gasteiger partial charge < -0.3 is 30.2 Å². The number of ketones is 1. The number of fused-ring (bicyclic) bond motifs is 1. The predicted octanol–water partition coefficient (Wildman–Crippen LogP) is 1.80. The lowest BCUT2D eigenvalue weighted by Gasteiger charge is -2.40. The van der Waals surface area contributed by atoms with Crippen LogP contribution in [0.25, 0.3) is 0 Å². The van der Waals surface area contributed by atoms with E-state index >= 15 is 0 Å². The molecule has 4 fully saturated rings. The fourth-order valence-electron chi connectivity index (χ4n) is 7.52. The molecule has 1 aromatic carbocycles. The second-order valence-electron chi connectivity index (χ2n) is 13.5. The predicted molar refractivity (Wildman–Crippen MR) is 167 cm³/mol. The first-order chi connectivity index (χ1) is 21.0. The Morgan fingerprint density at radius 2 is 1.59 bits per heavy atom. The number of nitrogens with zero attached hydrogens (tertiary/aromatic N) is 4. The Balaban J connectivity index is 1.28. The van der Waals surface area contributed by atoms with Crippen molar-refractivity contribution in [3.63, 3.8) is 0 Å². The van der Waals surface area contributed by atoms with E-state index in [0.717, 1.165) is 51.1 Å². The standard InChI is InChI=1S/C33H48N6O5/c1-22(2)20-26(34-30(42)24-8-10-25(11-9-24)37-18-16-36(4)17-19-37)31(43)38-15-12-27-29(38)28(41)21-39(27)32(44)33(35-23(3)40)13-6-5-7-14-33/h8-11,22,26-27,29H,5-7,12-21H2,1-4H3,(H,34,42)(H,35,40). The van der Waals surface area contributed by atoms with Crippen LogP contribution >= 0.6 is 0 Å². The van der Waals surface area contributed by atoms with Crippen LogP contribution in [-0.2, 0) is 19.2 Å². The van der Waals surface area contributed by atoms with Gasteiger partial charge in [0.05, 0.1) is 12.6 Å². The van der Waals surface area contributed by atoms with E-state index in [-0.39, 0.29) is 41.9 Å². The van der Waals surface area contributed by atoms with Gasteiger partial charge >= 0.3 is 0 Å². The van der Waals surface area contributed by atoms with Crippen LogP contribution in [0.1, 0.15) is 76.1 Å². The minimum atomic E-state index is -0.995. The lowest BCUT2D eigenvalue weighted by molar-refractivity contribution is -0.144. The van der Waals surface area contributed by atoms with Crippen molar-refractivity contribution in [2.75, 3.05) is 51.2 Å². The molecule has 3 saturated heterocycles. The monoisotopic (exact) mass is 608 g/mol. The Kier molecular flexibility index (Phi) is 9.62. The summed E-state index contributed by atoms with van der Waals surface area (Å²) in [5.74, 6) is -1.12. The van der Waals surface area contributed by atoms with Gasteiger partial charge in [0, 0.05) is 50.9 Å². The highest BCUT2D eigenvalue weighted by atomic mass is 16.2. The molecule has 1 aromatic rings. The number of likely N-dealkylation sites (tertiary alicyclic amines) is 2. The van der Waals surface area contributed by atoms with E-state index in [1.54, 1.807) is 21.9 Å². The molecule has 3 heterocycles. The second kappa shape index (κ2) is 13.3. The first-order valence-electron chi connectivity index (χ1n) is 16.3. The molecule has 0 bridgehead atoms. The molecule has 0 aromatic heterocycles. The van der Waals surface area contributed by atoms with E-state index in [9.17, 15) is 24.0 Å². The van der Waals surface area contributed by atoms with Gasteiger partial charge in [0.1, 0.15) is 17.6 Å². The fraction of sp³-hybridized carbons (Fsp3) is 0.667. The largest absolute Gasteiger partial charge is 0.369 e. The number of hydrogen-bond acceptors (Lipinski definition) is 7. The van der Waals surface area contributed by atoms with Gasteiger partial charge in [-0.05, 0) is 62.9 Å². The molecule has 1 saturated carbocycles. The number of amides is 4. The molecule has 44 heavy (non-hydrogen) atoms. The molecule has 4 aliphatic rings. The highest BCUT2D eigenvalue weighted by Gasteiger charge is 2.55. The van der Waals surface area contributed by atoms with E-state index < -0.39 is 23.7 Å². The first kappa shape index (κ1) is 31.9. The summed E-state index contributed by atoms with van der Waals surface area (Å²) in [4.78, 5) is 74.6. The van der Waals surface area contributed by atoms with Gasteiger partial charge in [0.2, 0.25) is 17.7 Å². The van der Waals surface area contributed by atoms with E-state index in [1.807, 2.05) is 26.0 Å². The molecule has 11 nitrogen and oxygen atoms in total. The number of piperazine rings is 1. The van der Waals surface area contributed by atoms with E-state index in [4.69, 9.17) is 0 Å². The Hall–Kier alpha value is -3.47. The zero-order valence-electron chi connectivity index (χ0n) is 26.6. The quantitative estimate of drug-likeness (QED) is 0.462. The number of anilines is 1. The van der Waals surface area contributed by atoms with Crippen LogP contribution in [0.4, 0.5) is 5.69 Å². The van der Waals surface area contributed by atoms with E-state index in [1.165, 1.54) is 6.92 Å². The third kappa shape index (κ3) is 6.62. The molecule has 11 heteroatoms. The van der Waals surface area contributed by atoms with Crippen molar-refractivity contribution in [2.45, 2.75) is 89.4 Å². The maximum Gasteiger partial charge on any atom is 0.251 e. The van der Waals surface area contributed by atoms with Gasteiger partial charge in [0.25, 0.3) is 5.91 Å². The third-order valence-electron chi connectivity index (χ3n) is 9.81. The number of rotatable bonds is 8. The maximum absolute atomic E-state index is 14.0.